The number of hydrogen-bond donors (Lipinski definition) is 0. The van der Waals surface area contributed by atoms with Crippen molar-refractivity contribution < 1.29 is 18.7 Å². The summed E-state index contributed by atoms with van der Waals surface area (Å²) in [5, 5.41) is 9.42. The van der Waals surface area contributed by atoms with E-state index < -0.39 is 5.97 Å². The summed E-state index contributed by atoms with van der Waals surface area (Å²) in [6.07, 6.45) is 3.14. The lowest BCUT2D eigenvalue weighted by molar-refractivity contribution is 0.0696. The molecule has 0 N–H and O–H groups in total. The van der Waals surface area contributed by atoms with Crippen molar-refractivity contribution in [2.75, 3.05) is 7.11 Å². The number of nitrogens with zero attached hydrogens (tertiary/aromatic N) is 1. The van der Waals surface area contributed by atoms with Crippen molar-refractivity contribution >= 4 is 17.6 Å². The zero-order valence-electron chi connectivity index (χ0n) is 14.0. The van der Waals surface area contributed by atoms with E-state index in [1.54, 1.807) is 30.3 Å². The maximum absolute atomic E-state index is 12.0. The third-order valence-corrected chi connectivity index (χ3v) is 3.63. The van der Waals surface area contributed by atoms with E-state index in [4.69, 9.17) is 13.9 Å². The second-order valence-corrected chi connectivity index (χ2v) is 5.31. The largest absolute Gasteiger partial charge is 0.493 e. The first-order valence-electron chi connectivity index (χ1n) is 7.82. The van der Waals surface area contributed by atoms with Crippen molar-refractivity contribution in [3.8, 4) is 17.6 Å². The molecule has 0 spiro atoms. The number of hydrogen-bond acceptors (Lipinski definition) is 5. The van der Waals surface area contributed by atoms with Gasteiger partial charge in [0.1, 0.15) is 0 Å². The highest BCUT2D eigenvalue weighted by atomic mass is 16.6. The van der Waals surface area contributed by atoms with Crippen LogP contribution in [0.2, 0.25) is 0 Å². The highest BCUT2D eigenvalue weighted by Crippen LogP contribution is 2.30. The van der Waals surface area contributed by atoms with Gasteiger partial charge in [0.25, 0.3) is 0 Å². The predicted octanol–water partition coefficient (Wildman–Crippen LogP) is 4.57. The highest BCUT2D eigenvalue weighted by molar-refractivity contribution is 5.90. The van der Waals surface area contributed by atoms with Crippen LogP contribution in [0.25, 0.3) is 11.6 Å². The lowest BCUT2D eigenvalue weighted by atomic mass is 10.0. The first-order valence-corrected chi connectivity index (χ1v) is 7.82. The number of ether oxygens (including phenoxy) is 2. The van der Waals surface area contributed by atoms with Crippen LogP contribution in [0.15, 0.2) is 71.3 Å². The lowest BCUT2D eigenvalue weighted by Crippen LogP contribution is -2.08. The van der Waals surface area contributed by atoms with Crippen LogP contribution >= 0.6 is 0 Å². The quantitative estimate of drug-likeness (QED) is 0.293. The average molecular weight is 345 g/mol. The SMILES string of the molecule is COc1cc(/C=C(/C#N)c2ccccc2)ccc1OC(=O)c1ccco1. The maximum Gasteiger partial charge on any atom is 0.379 e. The third kappa shape index (κ3) is 3.82. The van der Waals surface area contributed by atoms with Crippen molar-refractivity contribution in [1.82, 2.24) is 0 Å². The van der Waals surface area contributed by atoms with E-state index in [0.717, 1.165) is 11.1 Å². The van der Waals surface area contributed by atoms with E-state index in [0.29, 0.717) is 11.3 Å². The van der Waals surface area contributed by atoms with Crippen LogP contribution in [0.5, 0.6) is 11.5 Å². The van der Waals surface area contributed by atoms with E-state index in [1.165, 1.54) is 19.4 Å². The molecule has 1 aromatic heterocycles. The van der Waals surface area contributed by atoms with E-state index in [1.807, 2.05) is 30.3 Å². The Kier molecular flexibility index (Phi) is 5.16. The van der Waals surface area contributed by atoms with Crippen molar-refractivity contribution in [3.05, 3.63) is 83.8 Å². The fourth-order valence-electron chi connectivity index (χ4n) is 2.37. The van der Waals surface area contributed by atoms with Gasteiger partial charge in [-0.25, -0.2) is 4.79 Å². The minimum absolute atomic E-state index is 0.104. The minimum atomic E-state index is -0.612. The zero-order chi connectivity index (χ0) is 18.4. The fraction of sp³-hybridized carbons (Fsp3) is 0.0476. The molecule has 0 aliphatic carbocycles. The molecule has 0 amide bonds. The molecule has 5 heteroatoms. The standard InChI is InChI=1S/C21H15NO4/c1-24-20-13-15(12-17(14-22)16-6-3-2-4-7-16)9-10-18(20)26-21(23)19-8-5-11-25-19/h2-13H,1H3/b17-12-. The Morgan fingerprint density at radius 2 is 1.88 bits per heavy atom. The number of esters is 1. The van der Waals surface area contributed by atoms with E-state index in [2.05, 4.69) is 6.07 Å². The topological polar surface area (TPSA) is 72.5 Å². The van der Waals surface area contributed by atoms with Crippen LogP contribution in [0.4, 0.5) is 0 Å². The van der Waals surface area contributed by atoms with E-state index in [9.17, 15) is 10.1 Å². The fourth-order valence-corrected chi connectivity index (χ4v) is 2.37. The highest BCUT2D eigenvalue weighted by Gasteiger charge is 2.15. The molecule has 0 atom stereocenters. The van der Waals surface area contributed by atoms with Gasteiger partial charge in [0.05, 0.1) is 25.0 Å². The summed E-state index contributed by atoms with van der Waals surface area (Å²) in [7, 11) is 1.48. The molecule has 0 bridgehead atoms. The number of allylic oxidation sites excluding steroid dienone is 1. The molecule has 0 aliphatic rings. The van der Waals surface area contributed by atoms with Gasteiger partial charge < -0.3 is 13.9 Å². The summed E-state index contributed by atoms with van der Waals surface area (Å²) in [6, 6.07) is 19.7. The Morgan fingerprint density at radius 1 is 1.08 bits per heavy atom. The molecule has 0 radical (unpaired) electrons. The smallest absolute Gasteiger partial charge is 0.379 e. The molecule has 128 valence electrons. The number of carbonyl (C=O) groups excluding carboxylic acids is 1. The maximum atomic E-state index is 12.0. The van der Waals surface area contributed by atoms with Gasteiger partial charge in [-0.1, -0.05) is 36.4 Å². The molecule has 26 heavy (non-hydrogen) atoms. The molecule has 3 aromatic rings. The van der Waals surface area contributed by atoms with Crippen molar-refractivity contribution in [1.29, 1.82) is 5.26 Å². The van der Waals surface area contributed by atoms with Crippen molar-refractivity contribution in [2.24, 2.45) is 0 Å². The molecule has 5 nitrogen and oxygen atoms in total. The van der Waals surface area contributed by atoms with Crippen LogP contribution in [0, 0.1) is 11.3 Å². The molecule has 0 aliphatic heterocycles. The first-order chi connectivity index (χ1) is 12.7. The minimum Gasteiger partial charge on any atom is -0.493 e. The molecule has 0 saturated heterocycles. The van der Waals surface area contributed by atoms with Gasteiger partial charge in [-0.2, -0.15) is 5.26 Å². The Bertz CT molecular complexity index is 967. The van der Waals surface area contributed by atoms with Gasteiger partial charge in [-0.15, -0.1) is 0 Å². The van der Waals surface area contributed by atoms with Gasteiger partial charge >= 0.3 is 5.97 Å². The third-order valence-electron chi connectivity index (χ3n) is 3.63. The second-order valence-electron chi connectivity index (χ2n) is 5.31. The first kappa shape index (κ1) is 17.1. The van der Waals surface area contributed by atoms with Gasteiger partial charge in [-0.3, -0.25) is 0 Å². The normalized spacial score (nSPS) is 10.8. The molecule has 2 aromatic carbocycles. The number of carbonyl (C=O) groups is 1. The monoisotopic (exact) mass is 345 g/mol. The average Bonchev–Trinajstić information content (AvgIpc) is 3.22. The Labute approximate surface area is 150 Å². The van der Waals surface area contributed by atoms with Crippen LogP contribution in [-0.4, -0.2) is 13.1 Å². The summed E-state index contributed by atoms with van der Waals surface area (Å²) < 4.78 is 15.6. The van der Waals surface area contributed by atoms with E-state index in [-0.39, 0.29) is 11.5 Å². The second kappa shape index (κ2) is 7.86. The summed E-state index contributed by atoms with van der Waals surface area (Å²) in [5.74, 6) is 0.138. The molecule has 0 saturated carbocycles. The van der Waals surface area contributed by atoms with Gasteiger partial charge in [-0.05, 0) is 41.5 Å². The summed E-state index contributed by atoms with van der Waals surface area (Å²) in [5.41, 5.74) is 2.09. The number of benzene rings is 2. The zero-order valence-corrected chi connectivity index (χ0v) is 14.0. The van der Waals surface area contributed by atoms with Crippen LogP contribution in [0.3, 0.4) is 0 Å². The molecular weight excluding hydrogens is 330 g/mol. The van der Waals surface area contributed by atoms with Crippen LogP contribution < -0.4 is 9.47 Å². The van der Waals surface area contributed by atoms with Gasteiger partial charge in [0.2, 0.25) is 5.76 Å². The van der Waals surface area contributed by atoms with Gasteiger partial charge in [0.15, 0.2) is 11.5 Å². The van der Waals surface area contributed by atoms with Crippen molar-refractivity contribution in [3.63, 3.8) is 0 Å². The molecule has 1 heterocycles. The van der Waals surface area contributed by atoms with Crippen LogP contribution in [0.1, 0.15) is 21.7 Å². The van der Waals surface area contributed by atoms with Crippen molar-refractivity contribution in [2.45, 2.75) is 0 Å². The molecule has 0 unspecified atom stereocenters. The van der Waals surface area contributed by atoms with E-state index >= 15 is 0 Å². The summed E-state index contributed by atoms with van der Waals surface area (Å²) in [6.45, 7) is 0. The van der Waals surface area contributed by atoms with Crippen LogP contribution in [-0.2, 0) is 0 Å². The predicted molar refractivity (Wildman–Crippen MR) is 96.6 cm³/mol. The van der Waals surface area contributed by atoms with Gasteiger partial charge in [0, 0.05) is 0 Å². The number of methoxy groups -OCH3 is 1. The Balaban J connectivity index is 1.88. The summed E-state index contributed by atoms with van der Waals surface area (Å²) in [4.78, 5) is 12.0. The number of nitriles is 1. The molecular formula is C21H15NO4. The summed E-state index contributed by atoms with van der Waals surface area (Å²) >= 11 is 0. The lowest BCUT2D eigenvalue weighted by Gasteiger charge is -2.09. The Morgan fingerprint density at radius 3 is 2.54 bits per heavy atom. The Hall–Kier alpha value is -3.78. The number of rotatable bonds is 5. The molecule has 3 rings (SSSR count). The molecule has 0 fully saturated rings. The number of furan rings is 1.